The molecule has 1 unspecified atom stereocenters. The molecule has 0 spiro atoms. The van der Waals surface area contributed by atoms with Crippen LogP contribution in [0, 0.1) is 12.8 Å². The average molecular weight is 544 g/mol. The Morgan fingerprint density at radius 3 is 2.68 bits per heavy atom. The lowest BCUT2D eigenvalue weighted by Gasteiger charge is -2.26. The molecule has 4 rings (SSSR count). The fraction of sp³-hybridized carbons (Fsp3) is 0.429. The normalized spacial score (nSPS) is 15.9. The van der Waals surface area contributed by atoms with Crippen molar-refractivity contribution in [2.75, 3.05) is 13.2 Å². The number of aryl methyl sites for hydroxylation is 1. The van der Waals surface area contributed by atoms with Gasteiger partial charge >= 0.3 is 0 Å². The predicted molar refractivity (Wildman–Crippen MR) is 144 cm³/mol. The van der Waals surface area contributed by atoms with Gasteiger partial charge in [-0.05, 0) is 55.0 Å². The van der Waals surface area contributed by atoms with Crippen molar-refractivity contribution in [1.29, 1.82) is 0 Å². The minimum absolute atomic E-state index is 0.0340. The van der Waals surface area contributed by atoms with Crippen LogP contribution in [0.3, 0.4) is 0 Å². The molecule has 1 amide bonds. The van der Waals surface area contributed by atoms with E-state index in [1.165, 1.54) is 0 Å². The Labute approximate surface area is 224 Å². The molecule has 1 aromatic heterocycles. The molecule has 1 aliphatic heterocycles. The summed E-state index contributed by atoms with van der Waals surface area (Å²) in [6.07, 6.45) is 3.35. The van der Waals surface area contributed by atoms with E-state index in [1.54, 1.807) is 39.9 Å². The van der Waals surface area contributed by atoms with E-state index in [4.69, 9.17) is 16.3 Å². The van der Waals surface area contributed by atoms with E-state index in [0.717, 1.165) is 24.0 Å². The first-order chi connectivity index (χ1) is 17.6. The van der Waals surface area contributed by atoms with Gasteiger partial charge in [0, 0.05) is 30.3 Å². The van der Waals surface area contributed by atoms with E-state index in [1.807, 2.05) is 45.0 Å². The standard InChI is InChI=1S/C28H34ClN3O4S/c1-20(2)16-32-25(15-30-28(32)37(34,35)19-23-9-5-4-8-21(23)3)17-31(18-26-12-7-13-36-26)27(33)22-10-6-11-24(29)14-22/h4-6,8-11,14-15,20,26H,7,12-13,16-19H2,1-3H3. The highest BCUT2D eigenvalue weighted by atomic mass is 35.5. The summed E-state index contributed by atoms with van der Waals surface area (Å²) >= 11 is 6.16. The number of aromatic nitrogens is 2. The number of halogens is 1. The minimum Gasteiger partial charge on any atom is -0.376 e. The number of imidazole rings is 1. The SMILES string of the molecule is Cc1ccccc1CS(=O)(=O)c1ncc(CN(CC2CCCO2)C(=O)c2cccc(Cl)c2)n1CC(C)C. The molecule has 1 atom stereocenters. The third kappa shape index (κ3) is 6.80. The molecule has 2 aromatic carbocycles. The molecule has 3 aromatic rings. The Balaban J connectivity index is 1.68. The summed E-state index contributed by atoms with van der Waals surface area (Å²) in [6, 6.07) is 14.3. The molecule has 0 radical (unpaired) electrons. The number of amides is 1. The smallest absolute Gasteiger partial charge is 0.254 e. The van der Waals surface area contributed by atoms with Crippen LogP contribution in [-0.4, -0.2) is 48.0 Å². The number of carbonyl (C=O) groups is 1. The van der Waals surface area contributed by atoms with Gasteiger partial charge in [0.25, 0.3) is 5.91 Å². The third-order valence-corrected chi connectivity index (χ3v) is 8.30. The number of benzene rings is 2. The molecule has 0 N–H and O–H groups in total. The van der Waals surface area contributed by atoms with Crippen LogP contribution in [0.5, 0.6) is 0 Å². The number of hydrogen-bond donors (Lipinski definition) is 0. The third-order valence-electron chi connectivity index (χ3n) is 6.49. The van der Waals surface area contributed by atoms with Crippen molar-refractivity contribution >= 4 is 27.3 Å². The van der Waals surface area contributed by atoms with Crippen molar-refractivity contribution in [2.24, 2.45) is 5.92 Å². The second kappa shape index (κ2) is 11.8. The number of nitrogens with zero attached hydrogens (tertiary/aromatic N) is 3. The van der Waals surface area contributed by atoms with Crippen molar-refractivity contribution in [3.63, 3.8) is 0 Å². The van der Waals surface area contributed by atoms with Crippen LogP contribution in [-0.2, 0) is 33.4 Å². The summed E-state index contributed by atoms with van der Waals surface area (Å²) in [6.45, 7) is 7.73. The Morgan fingerprint density at radius 1 is 1.22 bits per heavy atom. The van der Waals surface area contributed by atoms with Crippen LogP contribution in [0.15, 0.2) is 59.9 Å². The molecule has 1 fully saturated rings. The lowest BCUT2D eigenvalue weighted by Crippen LogP contribution is -2.37. The van der Waals surface area contributed by atoms with Crippen LogP contribution < -0.4 is 0 Å². The molecule has 0 bridgehead atoms. The van der Waals surface area contributed by atoms with Crippen molar-refractivity contribution in [3.05, 3.63) is 82.1 Å². The highest BCUT2D eigenvalue weighted by Gasteiger charge is 2.28. The second-order valence-corrected chi connectivity index (χ2v) is 12.4. The molecule has 1 saturated heterocycles. The van der Waals surface area contributed by atoms with E-state index < -0.39 is 9.84 Å². The van der Waals surface area contributed by atoms with Gasteiger partial charge in [0.05, 0.1) is 30.3 Å². The average Bonchev–Trinajstić information content (AvgIpc) is 3.50. The first-order valence-electron chi connectivity index (χ1n) is 12.6. The number of rotatable bonds is 10. The quantitative estimate of drug-likeness (QED) is 0.347. The number of sulfone groups is 1. The van der Waals surface area contributed by atoms with Gasteiger partial charge in [-0.15, -0.1) is 0 Å². The van der Waals surface area contributed by atoms with Gasteiger partial charge in [-0.1, -0.05) is 55.8 Å². The molecule has 37 heavy (non-hydrogen) atoms. The van der Waals surface area contributed by atoms with Crippen LogP contribution in [0.4, 0.5) is 0 Å². The first kappa shape index (κ1) is 27.4. The number of ether oxygens (including phenoxy) is 1. The van der Waals surface area contributed by atoms with E-state index in [0.29, 0.717) is 36.0 Å². The van der Waals surface area contributed by atoms with Gasteiger partial charge in [0.2, 0.25) is 15.0 Å². The topological polar surface area (TPSA) is 81.5 Å². The van der Waals surface area contributed by atoms with Crippen LogP contribution in [0.25, 0.3) is 0 Å². The van der Waals surface area contributed by atoms with Gasteiger partial charge in [-0.2, -0.15) is 0 Å². The lowest BCUT2D eigenvalue weighted by molar-refractivity contribution is 0.0501. The molecule has 1 aliphatic rings. The van der Waals surface area contributed by atoms with E-state index in [9.17, 15) is 13.2 Å². The maximum absolute atomic E-state index is 13.6. The Hall–Kier alpha value is -2.68. The maximum Gasteiger partial charge on any atom is 0.254 e. The predicted octanol–water partition coefficient (Wildman–Crippen LogP) is 5.30. The van der Waals surface area contributed by atoms with Crippen LogP contribution in [0.1, 0.15) is 53.9 Å². The zero-order chi connectivity index (χ0) is 26.6. The molecule has 9 heteroatoms. The van der Waals surface area contributed by atoms with Crippen molar-refractivity contribution in [1.82, 2.24) is 14.5 Å². The van der Waals surface area contributed by atoms with Gasteiger partial charge < -0.3 is 14.2 Å². The lowest BCUT2D eigenvalue weighted by atomic mass is 10.1. The monoisotopic (exact) mass is 543 g/mol. The van der Waals surface area contributed by atoms with Crippen LogP contribution >= 0.6 is 11.6 Å². The number of carbonyl (C=O) groups excluding carboxylic acids is 1. The molecular weight excluding hydrogens is 510 g/mol. The minimum atomic E-state index is -3.72. The van der Waals surface area contributed by atoms with Crippen molar-refractivity contribution in [2.45, 2.75) is 63.7 Å². The fourth-order valence-electron chi connectivity index (χ4n) is 4.62. The highest BCUT2D eigenvalue weighted by Crippen LogP contribution is 2.24. The zero-order valence-corrected chi connectivity index (χ0v) is 23.1. The summed E-state index contributed by atoms with van der Waals surface area (Å²) in [5.41, 5.74) is 2.82. The largest absolute Gasteiger partial charge is 0.376 e. The Bertz CT molecular complexity index is 1350. The number of hydrogen-bond acceptors (Lipinski definition) is 5. The summed E-state index contributed by atoms with van der Waals surface area (Å²) in [5.74, 6) is -0.134. The molecule has 0 saturated carbocycles. The maximum atomic E-state index is 13.6. The molecule has 0 aliphatic carbocycles. The van der Waals surface area contributed by atoms with Gasteiger partial charge in [0.15, 0.2) is 0 Å². The summed E-state index contributed by atoms with van der Waals surface area (Å²) in [5, 5.41) is 0.518. The van der Waals surface area contributed by atoms with Gasteiger partial charge in [-0.25, -0.2) is 13.4 Å². The van der Waals surface area contributed by atoms with E-state index in [-0.39, 0.29) is 35.4 Å². The zero-order valence-electron chi connectivity index (χ0n) is 21.6. The van der Waals surface area contributed by atoms with Gasteiger partial charge in [-0.3, -0.25) is 4.79 Å². The summed E-state index contributed by atoms with van der Waals surface area (Å²) < 4.78 is 34.6. The summed E-state index contributed by atoms with van der Waals surface area (Å²) in [7, 11) is -3.72. The highest BCUT2D eigenvalue weighted by molar-refractivity contribution is 7.90. The van der Waals surface area contributed by atoms with Crippen molar-refractivity contribution in [3.8, 4) is 0 Å². The van der Waals surface area contributed by atoms with E-state index >= 15 is 0 Å². The Kier molecular flexibility index (Phi) is 8.72. The van der Waals surface area contributed by atoms with Crippen LogP contribution in [0.2, 0.25) is 5.02 Å². The Morgan fingerprint density at radius 2 is 2.00 bits per heavy atom. The second-order valence-electron chi connectivity index (χ2n) is 10.1. The van der Waals surface area contributed by atoms with Gasteiger partial charge in [0.1, 0.15) is 0 Å². The first-order valence-corrected chi connectivity index (χ1v) is 14.6. The van der Waals surface area contributed by atoms with E-state index in [2.05, 4.69) is 4.98 Å². The molecular formula is C28H34ClN3O4S. The molecule has 2 heterocycles. The molecule has 7 nitrogen and oxygen atoms in total. The molecule has 198 valence electrons. The van der Waals surface area contributed by atoms with Crippen molar-refractivity contribution < 1.29 is 17.9 Å². The summed E-state index contributed by atoms with van der Waals surface area (Å²) in [4.78, 5) is 19.7. The fourth-order valence-corrected chi connectivity index (χ4v) is 6.41.